The van der Waals surface area contributed by atoms with Gasteiger partial charge in [-0.05, 0) is 68.3 Å². The first kappa shape index (κ1) is 13.6. The lowest BCUT2D eigenvalue weighted by Crippen LogP contribution is -1.88. The number of carbonyl (C=O) groups is 1. The van der Waals surface area contributed by atoms with Crippen molar-refractivity contribution in [3.05, 3.63) is 55.9 Å². The molecule has 0 unspecified atom stereocenters. The van der Waals surface area contributed by atoms with Crippen LogP contribution in [-0.2, 0) is 0 Å². The van der Waals surface area contributed by atoms with Crippen molar-refractivity contribution in [2.75, 3.05) is 0 Å². The van der Waals surface area contributed by atoms with Crippen LogP contribution < -0.4 is 4.74 Å². The maximum absolute atomic E-state index is 10.6. The zero-order valence-electron chi connectivity index (χ0n) is 8.99. The molecule has 0 spiro atoms. The average molecular weight is 390 g/mol. The highest BCUT2D eigenvalue weighted by molar-refractivity contribution is 9.11. The van der Waals surface area contributed by atoms with Crippen LogP contribution in [-0.4, -0.2) is 6.29 Å². The molecule has 18 heavy (non-hydrogen) atoms. The Morgan fingerprint density at radius 2 is 1.61 bits per heavy atom. The van der Waals surface area contributed by atoms with E-state index < -0.39 is 0 Å². The lowest BCUT2D eigenvalue weighted by Gasteiger charge is -2.09. The summed E-state index contributed by atoms with van der Waals surface area (Å²) in [7, 11) is 0. The Morgan fingerprint density at radius 3 is 2.17 bits per heavy atom. The summed E-state index contributed by atoms with van der Waals surface area (Å²) in [4.78, 5) is 10.6. The number of rotatable bonds is 3. The molecule has 0 aliphatic heterocycles. The van der Waals surface area contributed by atoms with E-state index >= 15 is 0 Å². The minimum Gasteiger partial charge on any atom is -0.455 e. The first-order valence-corrected chi connectivity index (χ1v) is 6.94. The molecule has 0 bridgehead atoms. The highest BCUT2D eigenvalue weighted by Gasteiger charge is 2.07. The quantitative estimate of drug-likeness (QED) is 0.650. The van der Waals surface area contributed by atoms with Crippen molar-refractivity contribution < 1.29 is 9.53 Å². The van der Waals surface area contributed by atoms with E-state index in [1.807, 2.05) is 0 Å². The molecule has 0 aliphatic rings. The SMILES string of the molecule is O=Cc1ccc(Oc2ccc(Cl)cc2Br)c(Br)c1. The van der Waals surface area contributed by atoms with Crippen LogP contribution >= 0.6 is 43.5 Å². The minimum absolute atomic E-state index is 0.587. The Bertz CT molecular complexity index is 600. The molecule has 2 aromatic rings. The van der Waals surface area contributed by atoms with Crippen LogP contribution in [0.2, 0.25) is 5.02 Å². The number of aldehydes is 1. The second kappa shape index (κ2) is 5.87. The van der Waals surface area contributed by atoms with Crippen LogP contribution in [0.15, 0.2) is 45.3 Å². The molecule has 92 valence electrons. The minimum atomic E-state index is 0.587. The summed E-state index contributed by atoms with van der Waals surface area (Å²) < 4.78 is 7.21. The van der Waals surface area contributed by atoms with Crippen LogP contribution in [0.1, 0.15) is 10.4 Å². The summed E-state index contributed by atoms with van der Waals surface area (Å²) in [5.74, 6) is 1.28. The average Bonchev–Trinajstić information content (AvgIpc) is 2.34. The molecule has 0 atom stereocenters. The van der Waals surface area contributed by atoms with Gasteiger partial charge in [0.1, 0.15) is 17.8 Å². The van der Waals surface area contributed by atoms with E-state index in [-0.39, 0.29) is 0 Å². The van der Waals surface area contributed by atoms with Gasteiger partial charge in [-0.25, -0.2) is 0 Å². The molecule has 2 aromatic carbocycles. The normalized spacial score (nSPS) is 10.2. The van der Waals surface area contributed by atoms with Gasteiger partial charge in [0.2, 0.25) is 0 Å². The number of ether oxygens (including phenoxy) is 1. The van der Waals surface area contributed by atoms with Crippen molar-refractivity contribution >= 4 is 49.7 Å². The zero-order chi connectivity index (χ0) is 13.1. The number of benzene rings is 2. The molecule has 0 radical (unpaired) electrons. The third-order valence-corrected chi connectivity index (χ3v) is 3.68. The lowest BCUT2D eigenvalue weighted by molar-refractivity contribution is 0.112. The third-order valence-electron chi connectivity index (χ3n) is 2.21. The summed E-state index contributed by atoms with van der Waals surface area (Å²) in [6.07, 6.45) is 0.784. The van der Waals surface area contributed by atoms with E-state index in [0.29, 0.717) is 26.6 Å². The molecule has 0 aliphatic carbocycles. The molecule has 0 fully saturated rings. The second-order valence-corrected chi connectivity index (χ2v) is 5.63. The molecule has 0 aromatic heterocycles. The number of hydrogen-bond acceptors (Lipinski definition) is 2. The summed E-state index contributed by atoms with van der Waals surface area (Å²) in [5.41, 5.74) is 0.587. The van der Waals surface area contributed by atoms with Crippen LogP contribution in [0.4, 0.5) is 0 Å². The van der Waals surface area contributed by atoms with Gasteiger partial charge in [-0.1, -0.05) is 11.6 Å². The Balaban J connectivity index is 2.31. The van der Waals surface area contributed by atoms with E-state index in [2.05, 4.69) is 31.9 Å². The molecule has 0 saturated heterocycles. The van der Waals surface area contributed by atoms with Gasteiger partial charge >= 0.3 is 0 Å². The van der Waals surface area contributed by atoms with Gasteiger partial charge in [0, 0.05) is 10.6 Å². The number of halogens is 3. The summed E-state index contributed by atoms with van der Waals surface area (Å²) in [6, 6.07) is 10.4. The smallest absolute Gasteiger partial charge is 0.150 e. The first-order chi connectivity index (χ1) is 8.60. The topological polar surface area (TPSA) is 26.3 Å². The van der Waals surface area contributed by atoms with Crippen molar-refractivity contribution in [1.82, 2.24) is 0 Å². The molecule has 0 saturated carbocycles. The van der Waals surface area contributed by atoms with Gasteiger partial charge in [-0.15, -0.1) is 0 Å². The van der Waals surface area contributed by atoms with Gasteiger partial charge in [-0.2, -0.15) is 0 Å². The van der Waals surface area contributed by atoms with E-state index in [4.69, 9.17) is 16.3 Å². The van der Waals surface area contributed by atoms with Crippen LogP contribution in [0.5, 0.6) is 11.5 Å². The lowest BCUT2D eigenvalue weighted by atomic mass is 10.2. The van der Waals surface area contributed by atoms with Gasteiger partial charge < -0.3 is 4.74 Å². The molecule has 0 amide bonds. The van der Waals surface area contributed by atoms with E-state index in [1.54, 1.807) is 36.4 Å². The molecule has 0 N–H and O–H groups in total. The second-order valence-electron chi connectivity index (χ2n) is 3.48. The largest absolute Gasteiger partial charge is 0.455 e. The maximum atomic E-state index is 10.6. The summed E-state index contributed by atoms with van der Waals surface area (Å²) >= 11 is 12.6. The Hall–Kier alpha value is -0.840. The van der Waals surface area contributed by atoms with E-state index in [1.165, 1.54) is 0 Å². The van der Waals surface area contributed by atoms with Crippen molar-refractivity contribution in [3.63, 3.8) is 0 Å². The van der Waals surface area contributed by atoms with Crippen molar-refractivity contribution in [1.29, 1.82) is 0 Å². The van der Waals surface area contributed by atoms with Crippen LogP contribution in [0, 0.1) is 0 Å². The monoisotopic (exact) mass is 388 g/mol. The number of hydrogen-bond donors (Lipinski definition) is 0. The fourth-order valence-corrected chi connectivity index (χ4v) is 2.59. The van der Waals surface area contributed by atoms with Gasteiger partial charge in [-0.3, -0.25) is 4.79 Å². The highest BCUT2D eigenvalue weighted by Crippen LogP contribution is 2.35. The Morgan fingerprint density at radius 1 is 1.00 bits per heavy atom. The van der Waals surface area contributed by atoms with Crippen molar-refractivity contribution in [2.24, 2.45) is 0 Å². The molecule has 2 rings (SSSR count). The third kappa shape index (κ3) is 3.13. The molecular formula is C13H7Br2ClO2. The first-order valence-electron chi connectivity index (χ1n) is 4.98. The predicted molar refractivity (Wildman–Crippen MR) is 78.8 cm³/mol. The fourth-order valence-electron chi connectivity index (χ4n) is 1.35. The fraction of sp³-hybridized carbons (Fsp3) is 0. The summed E-state index contributed by atoms with van der Waals surface area (Å²) in [5, 5.41) is 0.629. The van der Waals surface area contributed by atoms with Gasteiger partial charge in [0.15, 0.2) is 0 Å². The maximum Gasteiger partial charge on any atom is 0.150 e. The molecule has 2 nitrogen and oxygen atoms in total. The van der Waals surface area contributed by atoms with Crippen LogP contribution in [0.25, 0.3) is 0 Å². The Kier molecular flexibility index (Phi) is 4.43. The van der Waals surface area contributed by atoms with Gasteiger partial charge in [0.25, 0.3) is 0 Å². The van der Waals surface area contributed by atoms with Crippen molar-refractivity contribution in [3.8, 4) is 11.5 Å². The molecule has 0 heterocycles. The molecular weight excluding hydrogens is 383 g/mol. The zero-order valence-corrected chi connectivity index (χ0v) is 12.9. The van der Waals surface area contributed by atoms with Crippen molar-refractivity contribution in [2.45, 2.75) is 0 Å². The predicted octanol–water partition coefficient (Wildman–Crippen LogP) is 5.47. The standard InChI is InChI=1S/C13H7Br2ClO2/c14-10-5-8(7-17)1-3-12(10)18-13-4-2-9(16)6-11(13)15/h1-7H. The van der Waals surface area contributed by atoms with E-state index in [9.17, 15) is 4.79 Å². The van der Waals surface area contributed by atoms with Crippen LogP contribution in [0.3, 0.4) is 0 Å². The summed E-state index contributed by atoms with van der Waals surface area (Å²) in [6.45, 7) is 0. The molecule has 5 heteroatoms. The Labute approximate surface area is 126 Å². The van der Waals surface area contributed by atoms with Gasteiger partial charge in [0.05, 0.1) is 8.95 Å². The van der Waals surface area contributed by atoms with E-state index in [0.717, 1.165) is 10.8 Å². The number of carbonyl (C=O) groups excluding carboxylic acids is 1. The highest BCUT2D eigenvalue weighted by atomic mass is 79.9.